The Labute approximate surface area is 138 Å². The van der Waals surface area contributed by atoms with Crippen LogP contribution in [-0.2, 0) is 0 Å². The van der Waals surface area contributed by atoms with Crippen LogP contribution in [0.5, 0.6) is 0 Å². The minimum absolute atomic E-state index is 0. The van der Waals surface area contributed by atoms with Gasteiger partial charge in [0.25, 0.3) is 0 Å². The van der Waals surface area contributed by atoms with Gasteiger partial charge in [0.05, 0.1) is 0 Å². The molecule has 1 N–H and O–H groups in total. The summed E-state index contributed by atoms with van der Waals surface area (Å²) < 4.78 is 0. The topological polar surface area (TPSA) is 12.0 Å². The lowest BCUT2D eigenvalue weighted by Crippen LogP contribution is -2.39. The first-order valence-electron chi connectivity index (χ1n) is 7.38. The monoisotopic (exact) mass is 321 g/mol. The molecule has 2 atom stereocenters. The Morgan fingerprint density at radius 2 is 1.57 bits per heavy atom. The molecule has 0 spiro atoms. The van der Waals surface area contributed by atoms with E-state index in [4.69, 9.17) is 11.6 Å². The largest absolute Gasteiger partial charge is 0.313 e. The van der Waals surface area contributed by atoms with Gasteiger partial charge in [-0.25, -0.2) is 0 Å². The molecule has 1 heterocycles. The van der Waals surface area contributed by atoms with Gasteiger partial charge in [-0.1, -0.05) is 60.5 Å². The number of benzene rings is 2. The summed E-state index contributed by atoms with van der Waals surface area (Å²) in [4.78, 5) is 0. The van der Waals surface area contributed by atoms with E-state index in [1.807, 2.05) is 12.1 Å². The molecule has 1 nitrogen and oxygen atoms in total. The second kappa shape index (κ2) is 7.84. The molecule has 3 rings (SSSR count). The molecule has 0 bridgehead atoms. The van der Waals surface area contributed by atoms with Crippen LogP contribution in [0.1, 0.15) is 36.3 Å². The molecule has 21 heavy (non-hydrogen) atoms. The first kappa shape index (κ1) is 16.4. The summed E-state index contributed by atoms with van der Waals surface area (Å²) in [5, 5.41) is 4.50. The lowest BCUT2D eigenvalue weighted by molar-refractivity contribution is 0.372. The van der Waals surface area contributed by atoms with Crippen LogP contribution in [0.15, 0.2) is 54.6 Å². The summed E-state index contributed by atoms with van der Waals surface area (Å²) in [5.41, 5.74) is 2.73. The van der Waals surface area contributed by atoms with Gasteiger partial charge in [0.15, 0.2) is 0 Å². The normalized spacial score (nSPS) is 19.6. The lowest BCUT2D eigenvalue weighted by atomic mass is 9.81. The third-order valence-electron chi connectivity index (χ3n) is 4.14. The fraction of sp³-hybridized carbons (Fsp3) is 0.333. The highest BCUT2D eigenvalue weighted by Gasteiger charge is 2.25. The first-order valence-corrected chi connectivity index (χ1v) is 7.76. The maximum absolute atomic E-state index is 6.03. The summed E-state index contributed by atoms with van der Waals surface area (Å²) in [6, 6.07) is 19.6. The van der Waals surface area contributed by atoms with Crippen LogP contribution in [0.25, 0.3) is 0 Å². The maximum Gasteiger partial charge on any atom is 0.0406 e. The Morgan fingerprint density at radius 3 is 2.19 bits per heavy atom. The first-order chi connectivity index (χ1) is 9.84. The van der Waals surface area contributed by atoms with E-state index in [-0.39, 0.29) is 12.4 Å². The van der Waals surface area contributed by atoms with Crippen molar-refractivity contribution >= 4 is 24.0 Å². The summed E-state index contributed by atoms with van der Waals surface area (Å²) in [6.07, 6.45) is 3.84. The van der Waals surface area contributed by atoms with Crippen LogP contribution in [0.2, 0.25) is 5.02 Å². The van der Waals surface area contributed by atoms with Crippen molar-refractivity contribution < 1.29 is 0 Å². The zero-order valence-electron chi connectivity index (χ0n) is 12.0. The van der Waals surface area contributed by atoms with Gasteiger partial charge in [-0.2, -0.15) is 0 Å². The number of halogens is 2. The number of hydrogen-bond acceptors (Lipinski definition) is 1. The van der Waals surface area contributed by atoms with Crippen molar-refractivity contribution in [2.45, 2.75) is 31.2 Å². The van der Waals surface area contributed by atoms with Crippen LogP contribution in [-0.4, -0.2) is 12.6 Å². The van der Waals surface area contributed by atoms with Crippen molar-refractivity contribution in [1.29, 1.82) is 0 Å². The predicted octanol–water partition coefficient (Wildman–Crippen LogP) is 5.04. The number of rotatable bonds is 3. The van der Waals surface area contributed by atoms with Gasteiger partial charge >= 0.3 is 0 Å². The molecular formula is C18H21Cl2N. The molecule has 1 fully saturated rings. The number of piperidine rings is 1. The van der Waals surface area contributed by atoms with Crippen molar-refractivity contribution in [2.75, 3.05) is 6.54 Å². The van der Waals surface area contributed by atoms with Crippen LogP contribution >= 0.6 is 24.0 Å². The molecule has 0 saturated carbocycles. The molecule has 2 aromatic rings. The van der Waals surface area contributed by atoms with Crippen molar-refractivity contribution in [3.05, 3.63) is 70.7 Å². The molecule has 1 aliphatic heterocycles. The van der Waals surface area contributed by atoms with E-state index in [0.29, 0.717) is 12.0 Å². The summed E-state index contributed by atoms with van der Waals surface area (Å²) in [5.74, 6) is 0.411. The molecule has 2 unspecified atom stereocenters. The van der Waals surface area contributed by atoms with Crippen molar-refractivity contribution in [3.8, 4) is 0 Å². The van der Waals surface area contributed by atoms with Gasteiger partial charge in [0.1, 0.15) is 0 Å². The zero-order chi connectivity index (χ0) is 13.8. The van der Waals surface area contributed by atoms with Gasteiger partial charge in [-0.3, -0.25) is 0 Å². The number of nitrogens with one attached hydrogen (secondary N) is 1. The average molecular weight is 322 g/mol. The van der Waals surface area contributed by atoms with Crippen LogP contribution in [0.4, 0.5) is 0 Å². The molecule has 1 aliphatic rings. The van der Waals surface area contributed by atoms with E-state index in [1.165, 1.54) is 30.4 Å². The minimum atomic E-state index is 0. The fourth-order valence-electron chi connectivity index (χ4n) is 3.15. The van der Waals surface area contributed by atoms with Gasteiger partial charge in [0, 0.05) is 17.0 Å². The Hall–Kier alpha value is -1.02. The van der Waals surface area contributed by atoms with E-state index in [2.05, 4.69) is 47.8 Å². The summed E-state index contributed by atoms with van der Waals surface area (Å²) in [6.45, 7) is 1.13. The molecule has 0 amide bonds. The number of hydrogen-bond donors (Lipinski definition) is 1. The fourth-order valence-corrected chi connectivity index (χ4v) is 3.28. The van der Waals surface area contributed by atoms with E-state index in [9.17, 15) is 0 Å². The molecule has 112 valence electrons. The maximum atomic E-state index is 6.03. The summed E-state index contributed by atoms with van der Waals surface area (Å²) in [7, 11) is 0. The van der Waals surface area contributed by atoms with Gasteiger partial charge < -0.3 is 5.32 Å². The SMILES string of the molecule is Cl.Clc1ccc(C(c2ccccc2)C2CCCCN2)cc1. The van der Waals surface area contributed by atoms with E-state index in [1.54, 1.807) is 0 Å². The molecule has 0 aliphatic carbocycles. The molecule has 0 aromatic heterocycles. The predicted molar refractivity (Wildman–Crippen MR) is 92.6 cm³/mol. The van der Waals surface area contributed by atoms with Gasteiger partial charge in [-0.05, 0) is 42.6 Å². The molecule has 0 radical (unpaired) electrons. The highest BCUT2D eigenvalue weighted by atomic mass is 35.5. The van der Waals surface area contributed by atoms with E-state index >= 15 is 0 Å². The van der Waals surface area contributed by atoms with E-state index < -0.39 is 0 Å². The molecule has 1 saturated heterocycles. The van der Waals surface area contributed by atoms with Crippen LogP contribution in [0, 0.1) is 0 Å². The third kappa shape index (κ3) is 4.00. The average Bonchev–Trinajstić information content (AvgIpc) is 2.52. The second-order valence-corrected chi connectivity index (χ2v) is 5.93. The Bertz CT molecular complexity index is 533. The molecular weight excluding hydrogens is 301 g/mol. The Balaban J connectivity index is 0.00000161. The summed E-state index contributed by atoms with van der Waals surface area (Å²) >= 11 is 6.03. The smallest absolute Gasteiger partial charge is 0.0406 e. The second-order valence-electron chi connectivity index (χ2n) is 5.50. The molecule has 3 heteroatoms. The third-order valence-corrected chi connectivity index (χ3v) is 4.39. The van der Waals surface area contributed by atoms with Crippen LogP contribution in [0.3, 0.4) is 0 Å². The Kier molecular flexibility index (Phi) is 6.10. The van der Waals surface area contributed by atoms with Gasteiger partial charge in [-0.15, -0.1) is 12.4 Å². The standard InChI is InChI=1S/C18H20ClN.ClH/c19-16-11-9-15(10-12-16)18(14-6-2-1-3-7-14)17-8-4-5-13-20-17;/h1-3,6-7,9-12,17-18,20H,4-5,8,13H2;1H. The Morgan fingerprint density at radius 1 is 0.905 bits per heavy atom. The van der Waals surface area contributed by atoms with Gasteiger partial charge in [0.2, 0.25) is 0 Å². The lowest BCUT2D eigenvalue weighted by Gasteiger charge is -2.32. The van der Waals surface area contributed by atoms with Crippen molar-refractivity contribution in [3.63, 3.8) is 0 Å². The van der Waals surface area contributed by atoms with Crippen molar-refractivity contribution in [1.82, 2.24) is 5.32 Å². The minimum Gasteiger partial charge on any atom is -0.313 e. The quantitative estimate of drug-likeness (QED) is 0.835. The highest BCUT2D eigenvalue weighted by Crippen LogP contribution is 2.32. The molecule has 2 aromatic carbocycles. The van der Waals surface area contributed by atoms with Crippen molar-refractivity contribution in [2.24, 2.45) is 0 Å². The highest BCUT2D eigenvalue weighted by molar-refractivity contribution is 6.30. The zero-order valence-corrected chi connectivity index (χ0v) is 13.5. The van der Waals surface area contributed by atoms with E-state index in [0.717, 1.165) is 11.6 Å². The van der Waals surface area contributed by atoms with Crippen LogP contribution < -0.4 is 5.32 Å².